The standard InChI is InChI=1S/C9H13F3N4O2S/c1-3-16-7(15(2)5-9(10,11)12)13-14-8(16)19-4-6(17)18/h3-5H2,1-2H3,(H,17,18). The van der Waals surface area contributed by atoms with Crippen LogP contribution in [0.15, 0.2) is 5.16 Å². The number of carboxylic acids is 1. The van der Waals surface area contributed by atoms with Gasteiger partial charge in [-0.1, -0.05) is 11.8 Å². The number of halogens is 3. The van der Waals surface area contributed by atoms with E-state index in [1.807, 2.05) is 0 Å². The Hall–Kier alpha value is -1.45. The van der Waals surface area contributed by atoms with Crippen LogP contribution < -0.4 is 4.90 Å². The van der Waals surface area contributed by atoms with Gasteiger partial charge in [-0.3, -0.25) is 9.36 Å². The molecule has 0 bridgehead atoms. The quantitative estimate of drug-likeness (QED) is 0.802. The van der Waals surface area contributed by atoms with Gasteiger partial charge in [0.05, 0.1) is 5.75 Å². The number of anilines is 1. The van der Waals surface area contributed by atoms with Gasteiger partial charge in [0.15, 0.2) is 5.16 Å². The number of aromatic nitrogens is 3. The topological polar surface area (TPSA) is 71.2 Å². The minimum atomic E-state index is -4.34. The summed E-state index contributed by atoms with van der Waals surface area (Å²) in [6.07, 6.45) is -4.34. The summed E-state index contributed by atoms with van der Waals surface area (Å²) in [5, 5.41) is 16.2. The Kier molecular flexibility index (Phi) is 5.04. The van der Waals surface area contributed by atoms with E-state index in [-0.39, 0.29) is 16.9 Å². The highest BCUT2D eigenvalue weighted by Gasteiger charge is 2.31. The Bertz CT molecular complexity index is 449. The first-order valence-corrected chi connectivity index (χ1v) is 6.28. The maximum absolute atomic E-state index is 12.3. The first-order valence-electron chi connectivity index (χ1n) is 5.30. The number of nitrogens with zero attached hydrogens (tertiary/aromatic N) is 4. The third kappa shape index (κ3) is 4.62. The molecule has 0 saturated heterocycles. The van der Waals surface area contributed by atoms with Crippen molar-refractivity contribution in [2.75, 3.05) is 24.2 Å². The fourth-order valence-electron chi connectivity index (χ4n) is 1.41. The minimum absolute atomic E-state index is 0.0627. The number of carboxylic acid groups (broad SMARTS) is 1. The zero-order chi connectivity index (χ0) is 14.6. The van der Waals surface area contributed by atoms with Gasteiger partial charge in [0.25, 0.3) is 0 Å². The molecule has 10 heteroatoms. The van der Waals surface area contributed by atoms with Gasteiger partial charge in [0, 0.05) is 13.6 Å². The smallest absolute Gasteiger partial charge is 0.406 e. The van der Waals surface area contributed by atoms with Crippen LogP contribution in [-0.2, 0) is 11.3 Å². The Balaban J connectivity index is 2.87. The molecule has 0 amide bonds. The van der Waals surface area contributed by atoms with Gasteiger partial charge in [-0.05, 0) is 6.92 Å². The molecule has 0 saturated carbocycles. The van der Waals surface area contributed by atoms with Crippen molar-refractivity contribution in [1.82, 2.24) is 14.8 Å². The van der Waals surface area contributed by atoms with Crippen molar-refractivity contribution in [3.05, 3.63) is 0 Å². The van der Waals surface area contributed by atoms with E-state index in [9.17, 15) is 18.0 Å². The van der Waals surface area contributed by atoms with Gasteiger partial charge in [-0.2, -0.15) is 13.2 Å². The summed E-state index contributed by atoms with van der Waals surface area (Å²) in [7, 11) is 1.26. The summed E-state index contributed by atoms with van der Waals surface area (Å²) in [6, 6.07) is 0. The molecule has 19 heavy (non-hydrogen) atoms. The normalized spacial score (nSPS) is 11.6. The predicted molar refractivity (Wildman–Crippen MR) is 63.4 cm³/mol. The van der Waals surface area contributed by atoms with E-state index in [4.69, 9.17) is 5.11 Å². The Morgan fingerprint density at radius 3 is 2.58 bits per heavy atom. The SMILES string of the molecule is CCn1c(SCC(=O)O)nnc1N(C)CC(F)(F)F. The monoisotopic (exact) mass is 298 g/mol. The fourth-order valence-corrected chi connectivity index (χ4v) is 2.13. The molecule has 0 aliphatic rings. The van der Waals surface area contributed by atoms with E-state index in [1.54, 1.807) is 6.92 Å². The molecule has 0 unspecified atom stereocenters. The lowest BCUT2D eigenvalue weighted by atomic mass is 10.5. The molecule has 0 aliphatic carbocycles. The number of hydrogen-bond donors (Lipinski definition) is 1. The first kappa shape index (κ1) is 15.6. The molecule has 0 atom stereocenters. The third-order valence-corrected chi connectivity index (χ3v) is 3.05. The minimum Gasteiger partial charge on any atom is -0.481 e. The lowest BCUT2D eigenvalue weighted by molar-refractivity contribution is -0.134. The van der Waals surface area contributed by atoms with E-state index >= 15 is 0 Å². The summed E-state index contributed by atoms with van der Waals surface area (Å²) in [5.74, 6) is -1.19. The zero-order valence-corrected chi connectivity index (χ0v) is 11.1. The molecule has 0 fully saturated rings. The van der Waals surface area contributed by atoms with Crippen LogP contribution in [0, 0.1) is 0 Å². The van der Waals surface area contributed by atoms with Gasteiger partial charge in [-0.15, -0.1) is 10.2 Å². The van der Waals surface area contributed by atoms with Crippen LogP contribution >= 0.6 is 11.8 Å². The molecule has 0 aliphatic heterocycles. The Labute approximate surface area is 111 Å². The Morgan fingerprint density at radius 2 is 2.11 bits per heavy atom. The van der Waals surface area contributed by atoms with Crippen molar-refractivity contribution in [3.63, 3.8) is 0 Å². The number of aliphatic carboxylic acids is 1. The van der Waals surface area contributed by atoms with Crippen LogP contribution in [0.25, 0.3) is 0 Å². The second-order valence-corrected chi connectivity index (χ2v) is 4.62. The van der Waals surface area contributed by atoms with Crippen LogP contribution in [0.3, 0.4) is 0 Å². The fraction of sp³-hybridized carbons (Fsp3) is 0.667. The van der Waals surface area contributed by atoms with Gasteiger partial charge < -0.3 is 10.0 Å². The molecular weight excluding hydrogens is 285 g/mol. The molecule has 1 N–H and O–H groups in total. The molecule has 1 aromatic rings. The summed E-state index contributed by atoms with van der Waals surface area (Å²) >= 11 is 0.918. The maximum atomic E-state index is 12.3. The molecule has 1 rings (SSSR count). The van der Waals surface area contributed by atoms with Crippen LogP contribution in [0.4, 0.5) is 19.1 Å². The van der Waals surface area contributed by atoms with Crippen LogP contribution in [0.2, 0.25) is 0 Å². The zero-order valence-electron chi connectivity index (χ0n) is 10.3. The number of carbonyl (C=O) groups is 1. The predicted octanol–water partition coefficient (Wildman–Crippen LogP) is 1.47. The first-order chi connectivity index (χ1) is 8.74. The second kappa shape index (κ2) is 6.13. The van der Waals surface area contributed by atoms with E-state index in [0.717, 1.165) is 16.7 Å². The Morgan fingerprint density at radius 1 is 1.47 bits per heavy atom. The van der Waals surface area contributed by atoms with Crippen molar-refractivity contribution in [2.24, 2.45) is 0 Å². The number of rotatable bonds is 6. The molecule has 0 aromatic carbocycles. The molecule has 0 spiro atoms. The van der Waals surface area contributed by atoms with Gasteiger partial charge in [0.2, 0.25) is 5.95 Å². The lowest BCUT2D eigenvalue weighted by Gasteiger charge is -2.20. The maximum Gasteiger partial charge on any atom is 0.406 e. The second-order valence-electron chi connectivity index (χ2n) is 3.68. The summed E-state index contributed by atoms with van der Waals surface area (Å²) in [6.45, 7) is 0.931. The molecule has 0 radical (unpaired) electrons. The average Bonchev–Trinajstić information content (AvgIpc) is 2.66. The van der Waals surface area contributed by atoms with Crippen molar-refractivity contribution in [1.29, 1.82) is 0 Å². The lowest BCUT2D eigenvalue weighted by Crippen LogP contribution is -2.32. The van der Waals surface area contributed by atoms with Crippen LogP contribution in [0.1, 0.15) is 6.92 Å². The summed E-state index contributed by atoms with van der Waals surface area (Å²) in [4.78, 5) is 11.4. The molecule has 1 heterocycles. The van der Waals surface area contributed by atoms with Gasteiger partial charge in [0.1, 0.15) is 6.54 Å². The molecule has 1 aromatic heterocycles. The van der Waals surface area contributed by atoms with Crippen molar-refractivity contribution < 1.29 is 23.1 Å². The highest BCUT2D eigenvalue weighted by Crippen LogP contribution is 2.24. The van der Waals surface area contributed by atoms with Crippen molar-refractivity contribution in [3.8, 4) is 0 Å². The van der Waals surface area contributed by atoms with Crippen LogP contribution in [-0.4, -0.2) is 51.4 Å². The molecule has 6 nitrogen and oxygen atoms in total. The van der Waals surface area contributed by atoms with Gasteiger partial charge in [-0.25, -0.2) is 0 Å². The van der Waals surface area contributed by atoms with Crippen molar-refractivity contribution in [2.45, 2.75) is 24.8 Å². The van der Waals surface area contributed by atoms with Gasteiger partial charge >= 0.3 is 12.1 Å². The summed E-state index contributed by atoms with van der Waals surface area (Å²) < 4.78 is 38.4. The number of thioether (sulfide) groups is 1. The van der Waals surface area contributed by atoms with Crippen LogP contribution in [0.5, 0.6) is 0 Å². The van der Waals surface area contributed by atoms with E-state index in [1.165, 1.54) is 11.6 Å². The summed E-state index contributed by atoms with van der Waals surface area (Å²) in [5.41, 5.74) is 0. The van der Waals surface area contributed by atoms with E-state index < -0.39 is 18.7 Å². The molecule has 108 valence electrons. The average molecular weight is 298 g/mol. The van der Waals surface area contributed by atoms with E-state index in [0.29, 0.717) is 6.54 Å². The largest absolute Gasteiger partial charge is 0.481 e. The molecular formula is C9H13F3N4O2S. The third-order valence-electron chi connectivity index (χ3n) is 2.10. The van der Waals surface area contributed by atoms with E-state index in [2.05, 4.69) is 10.2 Å². The number of alkyl halides is 3. The van der Waals surface area contributed by atoms with Crippen molar-refractivity contribution >= 4 is 23.7 Å². The number of hydrogen-bond acceptors (Lipinski definition) is 5. The highest BCUT2D eigenvalue weighted by molar-refractivity contribution is 7.99. The highest BCUT2D eigenvalue weighted by atomic mass is 32.2.